The number of carbonyl (C=O) groups is 1. The Bertz CT molecular complexity index is 1300. The summed E-state index contributed by atoms with van der Waals surface area (Å²) in [4.78, 5) is 20.2. The number of halogens is 1. The van der Waals surface area contributed by atoms with E-state index in [2.05, 4.69) is 73.8 Å². The van der Waals surface area contributed by atoms with Crippen molar-refractivity contribution < 1.29 is 9.90 Å². The number of amides is 1. The molecule has 1 aliphatic heterocycles. The van der Waals surface area contributed by atoms with E-state index in [1.165, 1.54) is 11.1 Å². The topological polar surface area (TPSA) is 56.7 Å². The molecule has 5 nitrogen and oxygen atoms in total. The van der Waals surface area contributed by atoms with Crippen molar-refractivity contribution in [1.29, 1.82) is 0 Å². The van der Waals surface area contributed by atoms with Crippen molar-refractivity contribution in [2.45, 2.75) is 65.1 Å². The number of benzene rings is 2. The summed E-state index contributed by atoms with van der Waals surface area (Å²) >= 11 is 5.97. The molecule has 2 aromatic carbocycles. The van der Waals surface area contributed by atoms with Gasteiger partial charge in [-0.25, -0.2) is 9.78 Å². The van der Waals surface area contributed by atoms with Crippen LogP contribution >= 0.6 is 11.6 Å². The van der Waals surface area contributed by atoms with Crippen molar-refractivity contribution in [3.8, 4) is 23.0 Å². The smallest absolute Gasteiger partial charge is 0.407 e. The normalized spacial score (nSPS) is 17.5. The summed E-state index contributed by atoms with van der Waals surface area (Å²) < 4.78 is 0. The number of piperidine rings is 1. The van der Waals surface area contributed by atoms with Crippen LogP contribution in [0.5, 0.6) is 0 Å². The maximum atomic E-state index is 11.7. The van der Waals surface area contributed by atoms with Crippen LogP contribution in [0.4, 0.5) is 4.79 Å². The Hall–Kier alpha value is -3.33. The number of rotatable bonds is 6. The molecular weight excluding hydrogens is 506 g/mol. The second kappa shape index (κ2) is 12.7. The maximum Gasteiger partial charge on any atom is 0.407 e. The van der Waals surface area contributed by atoms with Gasteiger partial charge in [0.2, 0.25) is 0 Å². The van der Waals surface area contributed by atoms with Gasteiger partial charge in [0.05, 0.1) is 0 Å². The lowest BCUT2D eigenvalue weighted by molar-refractivity contribution is 0.0243. The van der Waals surface area contributed by atoms with Gasteiger partial charge >= 0.3 is 6.09 Å². The fraction of sp³-hybridized carbons (Fsp3) is 0.394. The first-order valence-electron chi connectivity index (χ1n) is 13.6. The van der Waals surface area contributed by atoms with Crippen LogP contribution in [0.3, 0.4) is 0 Å². The Kier molecular flexibility index (Phi) is 9.32. The fourth-order valence-electron chi connectivity index (χ4n) is 5.27. The summed E-state index contributed by atoms with van der Waals surface area (Å²) in [5.41, 5.74) is 5.35. The highest BCUT2D eigenvalue weighted by molar-refractivity contribution is 6.30. The van der Waals surface area contributed by atoms with Crippen LogP contribution in [-0.2, 0) is 13.0 Å². The van der Waals surface area contributed by atoms with Crippen LogP contribution in [-0.4, -0.2) is 51.7 Å². The van der Waals surface area contributed by atoms with Crippen molar-refractivity contribution >= 4 is 17.7 Å². The third kappa shape index (κ3) is 7.85. The van der Waals surface area contributed by atoms with Gasteiger partial charge in [-0.1, -0.05) is 80.8 Å². The standard InChI is InChI=1S/C33H38ClN3O2/c1-33(2,3)31-21-30(19-20-37(31)32(38)39)36(4)23-25-11-9-24(10-12-25)7-5-6-8-29-18-15-27(22-35-29)26-13-16-28(34)17-14-26/h9-18,22,30-31H,5,7,19-21,23H2,1-4H3,(H,38,39). The highest BCUT2D eigenvalue weighted by atomic mass is 35.5. The quantitative estimate of drug-likeness (QED) is 0.330. The molecular formula is C33H38ClN3O2. The fourth-order valence-corrected chi connectivity index (χ4v) is 5.39. The van der Waals surface area contributed by atoms with Gasteiger partial charge in [-0.2, -0.15) is 0 Å². The molecule has 0 bridgehead atoms. The molecule has 1 aliphatic rings. The molecule has 0 spiro atoms. The van der Waals surface area contributed by atoms with Crippen LogP contribution in [0.25, 0.3) is 11.1 Å². The molecule has 0 radical (unpaired) electrons. The zero-order chi connectivity index (χ0) is 28.0. The highest BCUT2D eigenvalue weighted by Crippen LogP contribution is 2.34. The molecule has 204 valence electrons. The first-order chi connectivity index (χ1) is 18.6. The average Bonchev–Trinajstić information content (AvgIpc) is 2.92. The van der Waals surface area contributed by atoms with Gasteiger partial charge < -0.3 is 10.0 Å². The monoisotopic (exact) mass is 543 g/mol. The molecule has 1 saturated heterocycles. The van der Waals surface area contributed by atoms with Crippen LogP contribution < -0.4 is 0 Å². The molecule has 1 N–H and O–H groups in total. The van der Waals surface area contributed by atoms with E-state index in [1.54, 1.807) is 4.90 Å². The lowest BCUT2D eigenvalue weighted by Crippen LogP contribution is -2.55. The first kappa shape index (κ1) is 28.7. The Morgan fingerprint density at radius 1 is 1.05 bits per heavy atom. The van der Waals surface area contributed by atoms with Crippen LogP contribution in [0, 0.1) is 17.3 Å². The Labute approximate surface area is 237 Å². The minimum absolute atomic E-state index is 0.0244. The van der Waals surface area contributed by atoms with E-state index in [4.69, 9.17) is 11.6 Å². The molecule has 1 fully saturated rings. The van der Waals surface area contributed by atoms with E-state index in [0.717, 1.165) is 54.1 Å². The molecule has 2 unspecified atom stereocenters. The average molecular weight is 544 g/mol. The zero-order valence-electron chi connectivity index (χ0n) is 23.3. The molecule has 2 atom stereocenters. The van der Waals surface area contributed by atoms with Gasteiger partial charge in [-0.15, -0.1) is 0 Å². The van der Waals surface area contributed by atoms with Crippen molar-refractivity contribution in [3.05, 3.63) is 88.7 Å². The van der Waals surface area contributed by atoms with E-state index in [-0.39, 0.29) is 11.5 Å². The van der Waals surface area contributed by atoms with E-state index < -0.39 is 6.09 Å². The van der Waals surface area contributed by atoms with Crippen molar-refractivity contribution in [2.75, 3.05) is 13.6 Å². The van der Waals surface area contributed by atoms with Crippen LogP contribution in [0.1, 0.15) is 56.9 Å². The molecule has 2 heterocycles. The maximum absolute atomic E-state index is 11.7. The summed E-state index contributed by atoms with van der Waals surface area (Å²) in [6.45, 7) is 7.84. The van der Waals surface area contributed by atoms with E-state index in [1.807, 2.05) is 42.6 Å². The summed E-state index contributed by atoms with van der Waals surface area (Å²) in [5.74, 6) is 6.42. The summed E-state index contributed by atoms with van der Waals surface area (Å²) in [6, 6.07) is 20.9. The summed E-state index contributed by atoms with van der Waals surface area (Å²) in [5, 5.41) is 10.4. The predicted molar refractivity (Wildman–Crippen MR) is 159 cm³/mol. The van der Waals surface area contributed by atoms with Gasteiger partial charge in [0.25, 0.3) is 0 Å². The molecule has 0 saturated carbocycles. The van der Waals surface area contributed by atoms with Crippen molar-refractivity contribution in [3.63, 3.8) is 0 Å². The number of hydrogen-bond acceptors (Lipinski definition) is 3. The summed E-state index contributed by atoms with van der Waals surface area (Å²) in [6.07, 6.45) is 4.44. The number of aryl methyl sites for hydroxylation is 1. The lowest BCUT2D eigenvalue weighted by Gasteiger charge is -2.46. The van der Waals surface area contributed by atoms with Crippen LogP contribution in [0.2, 0.25) is 5.02 Å². The molecule has 0 aliphatic carbocycles. The number of nitrogens with zero attached hydrogens (tertiary/aromatic N) is 3. The molecule has 1 aromatic heterocycles. The van der Waals surface area contributed by atoms with E-state index >= 15 is 0 Å². The number of likely N-dealkylation sites (tertiary alicyclic amines) is 1. The van der Waals surface area contributed by atoms with Gasteiger partial charge in [-0.05, 0) is 72.5 Å². The number of aromatic nitrogens is 1. The third-order valence-corrected chi connectivity index (χ3v) is 7.85. The SMILES string of the molecule is CN(Cc1ccc(CCC#Cc2ccc(-c3ccc(Cl)cc3)cn2)cc1)C1CCN(C(=O)O)C(C(C)(C)C)C1. The van der Waals surface area contributed by atoms with Gasteiger partial charge in [0, 0.05) is 48.4 Å². The second-order valence-corrected chi connectivity index (χ2v) is 11.9. The van der Waals surface area contributed by atoms with Gasteiger partial charge in [-0.3, -0.25) is 4.90 Å². The minimum Gasteiger partial charge on any atom is -0.465 e. The van der Waals surface area contributed by atoms with E-state index in [0.29, 0.717) is 12.6 Å². The molecule has 4 rings (SSSR count). The van der Waals surface area contributed by atoms with E-state index in [9.17, 15) is 9.90 Å². The zero-order valence-corrected chi connectivity index (χ0v) is 24.1. The Balaban J connectivity index is 1.26. The molecule has 6 heteroatoms. The highest BCUT2D eigenvalue weighted by Gasteiger charge is 2.39. The Morgan fingerprint density at radius 3 is 2.33 bits per heavy atom. The first-order valence-corrected chi connectivity index (χ1v) is 14.0. The molecule has 39 heavy (non-hydrogen) atoms. The van der Waals surface area contributed by atoms with Crippen molar-refractivity contribution in [2.24, 2.45) is 5.41 Å². The second-order valence-electron chi connectivity index (χ2n) is 11.5. The molecule has 1 amide bonds. The van der Waals surface area contributed by atoms with Gasteiger partial charge in [0.15, 0.2) is 0 Å². The molecule has 3 aromatic rings. The van der Waals surface area contributed by atoms with Gasteiger partial charge in [0.1, 0.15) is 5.69 Å². The third-order valence-electron chi connectivity index (χ3n) is 7.59. The number of pyridine rings is 1. The number of hydrogen-bond donors (Lipinski definition) is 1. The van der Waals surface area contributed by atoms with Crippen LogP contribution in [0.15, 0.2) is 66.9 Å². The lowest BCUT2D eigenvalue weighted by atomic mass is 9.79. The minimum atomic E-state index is -0.806. The summed E-state index contributed by atoms with van der Waals surface area (Å²) in [7, 11) is 2.15. The largest absolute Gasteiger partial charge is 0.465 e. The predicted octanol–water partition coefficient (Wildman–Crippen LogP) is 7.38. The van der Waals surface area contributed by atoms with Crippen molar-refractivity contribution in [1.82, 2.24) is 14.8 Å². The number of carboxylic acid groups (broad SMARTS) is 1. The Morgan fingerprint density at radius 2 is 1.72 bits per heavy atom.